The van der Waals surface area contributed by atoms with Crippen LogP contribution >= 0.6 is 11.3 Å². The lowest BCUT2D eigenvalue weighted by atomic mass is 10.1. The van der Waals surface area contributed by atoms with Gasteiger partial charge in [-0.2, -0.15) is 0 Å². The first-order valence-electron chi connectivity index (χ1n) is 9.49. The van der Waals surface area contributed by atoms with Crippen LogP contribution in [-0.2, 0) is 4.74 Å². The molecule has 1 fully saturated rings. The van der Waals surface area contributed by atoms with Crippen molar-refractivity contribution >= 4 is 28.0 Å². The van der Waals surface area contributed by atoms with E-state index < -0.39 is 0 Å². The topological polar surface area (TPSA) is 73.1 Å². The Bertz CT molecular complexity index is 1080. The minimum absolute atomic E-state index is 0.00255. The molecule has 0 saturated carbocycles. The van der Waals surface area contributed by atoms with Gasteiger partial charge in [-0.05, 0) is 32.9 Å². The molecule has 0 bridgehead atoms. The summed E-state index contributed by atoms with van der Waals surface area (Å²) in [6, 6.07) is 7.01. The number of nitrogens with zero attached hydrogens (tertiary/aromatic N) is 3. The van der Waals surface area contributed by atoms with Crippen LogP contribution in [0.15, 0.2) is 30.5 Å². The highest BCUT2D eigenvalue weighted by molar-refractivity contribution is 7.19. The van der Waals surface area contributed by atoms with Gasteiger partial charge in [0.1, 0.15) is 16.3 Å². The molecule has 0 aliphatic carbocycles. The van der Waals surface area contributed by atoms with E-state index in [-0.39, 0.29) is 23.9 Å². The van der Waals surface area contributed by atoms with Crippen molar-refractivity contribution in [3.8, 4) is 5.75 Å². The molecule has 3 heterocycles. The Kier molecular flexibility index (Phi) is 5.14. The Morgan fingerprint density at radius 3 is 2.66 bits per heavy atom. The van der Waals surface area contributed by atoms with Crippen LogP contribution < -0.4 is 4.74 Å². The maximum Gasteiger partial charge on any atom is 0.266 e. The second-order valence-corrected chi connectivity index (χ2v) is 8.28. The average Bonchev–Trinajstić information content (AvgIpc) is 3.26. The number of carbonyl (C=O) groups is 2. The van der Waals surface area contributed by atoms with Crippen LogP contribution in [0.25, 0.3) is 4.96 Å². The molecule has 1 saturated heterocycles. The third kappa shape index (κ3) is 3.54. The number of methoxy groups -OCH3 is 1. The summed E-state index contributed by atoms with van der Waals surface area (Å²) in [5.41, 5.74) is 1.68. The largest absolute Gasteiger partial charge is 0.497 e. The highest BCUT2D eigenvalue weighted by Crippen LogP contribution is 2.28. The Labute approximate surface area is 172 Å². The molecule has 0 unspecified atom stereocenters. The fourth-order valence-corrected chi connectivity index (χ4v) is 4.83. The van der Waals surface area contributed by atoms with Gasteiger partial charge in [0.05, 0.1) is 25.5 Å². The fourth-order valence-electron chi connectivity index (χ4n) is 3.76. The lowest BCUT2D eigenvalue weighted by Gasteiger charge is -2.35. The zero-order valence-electron chi connectivity index (χ0n) is 16.8. The Hall–Kier alpha value is -2.71. The Morgan fingerprint density at radius 2 is 1.97 bits per heavy atom. The van der Waals surface area contributed by atoms with E-state index in [1.165, 1.54) is 11.3 Å². The van der Waals surface area contributed by atoms with Crippen molar-refractivity contribution in [1.29, 1.82) is 0 Å². The van der Waals surface area contributed by atoms with E-state index in [0.717, 1.165) is 5.69 Å². The quantitative estimate of drug-likeness (QED) is 0.614. The van der Waals surface area contributed by atoms with Crippen LogP contribution in [0.2, 0.25) is 0 Å². The second-order valence-electron chi connectivity index (χ2n) is 7.31. The minimum Gasteiger partial charge on any atom is -0.497 e. The molecule has 1 amide bonds. The molecular formula is C21H23N3O4S. The first kappa shape index (κ1) is 19.6. The third-order valence-corrected chi connectivity index (χ3v) is 6.20. The predicted molar refractivity (Wildman–Crippen MR) is 110 cm³/mol. The van der Waals surface area contributed by atoms with Gasteiger partial charge >= 0.3 is 0 Å². The van der Waals surface area contributed by atoms with E-state index in [9.17, 15) is 9.59 Å². The lowest BCUT2D eigenvalue weighted by molar-refractivity contribution is -0.0585. The zero-order valence-corrected chi connectivity index (χ0v) is 17.7. The smallest absolute Gasteiger partial charge is 0.266 e. The first-order valence-corrected chi connectivity index (χ1v) is 10.3. The van der Waals surface area contributed by atoms with Crippen molar-refractivity contribution in [2.75, 3.05) is 20.2 Å². The summed E-state index contributed by atoms with van der Waals surface area (Å²) < 4.78 is 12.7. The molecule has 0 spiro atoms. The van der Waals surface area contributed by atoms with Crippen molar-refractivity contribution in [1.82, 2.24) is 14.3 Å². The number of aromatic nitrogens is 2. The molecule has 4 rings (SSSR count). The van der Waals surface area contributed by atoms with Crippen LogP contribution in [0.1, 0.15) is 45.3 Å². The van der Waals surface area contributed by atoms with Crippen molar-refractivity contribution < 1.29 is 19.1 Å². The molecule has 2 atom stereocenters. The first-order chi connectivity index (χ1) is 13.9. The van der Waals surface area contributed by atoms with E-state index >= 15 is 0 Å². The van der Waals surface area contributed by atoms with E-state index in [4.69, 9.17) is 9.47 Å². The number of hydrogen-bond acceptors (Lipinski definition) is 6. The van der Waals surface area contributed by atoms with Crippen LogP contribution in [0, 0.1) is 6.92 Å². The number of carbonyl (C=O) groups excluding carboxylic acids is 2. The van der Waals surface area contributed by atoms with Crippen LogP contribution in [0.4, 0.5) is 0 Å². The molecule has 1 aliphatic heterocycles. The molecule has 7 nitrogen and oxygen atoms in total. The number of fused-ring (bicyclic) bond motifs is 1. The summed E-state index contributed by atoms with van der Waals surface area (Å²) in [6.45, 7) is 6.90. The Balaban J connectivity index is 1.69. The zero-order chi connectivity index (χ0) is 20.7. The summed E-state index contributed by atoms with van der Waals surface area (Å²) in [5.74, 6) is 0.412. The van der Waals surface area contributed by atoms with E-state index in [2.05, 4.69) is 4.98 Å². The van der Waals surface area contributed by atoms with Crippen LogP contribution in [0.5, 0.6) is 5.75 Å². The van der Waals surface area contributed by atoms with Gasteiger partial charge in [0.25, 0.3) is 5.91 Å². The van der Waals surface area contributed by atoms with Gasteiger partial charge in [-0.3, -0.25) is 14.0 Å². The number of rotatable bonds is 4. The molecule has 3 aromatic rings. The van der Waals surface area contributed by atoms with Gasteiger partial charge in [-0.15, -0.1) is 0 Å². The number of amides is 1. The van der Waals surface area contributed by atoms with Gasteiger partial charge in [0.15, 0.2) is 4.96 Å². The Morgan fingerprint density at radius 1 is 1.24 bits per heavy atom. The molecule has 1 aliphatic rings. The molecular weight excluding hydrogens is 390 g/mol. The SMILES string of the molecule is COc1cccc(C(=O)c2cnc3sc(C(=O)N4C[C@@H](C)O[C@@H](C)C4)c(C)n23)c1. The summed E-state index contributed by atoms with van der Waals surface area (Å²) in [4.78, 5) is 33.7. The third-order valence-electron chi connectivity index (χ3n) is 5.05. The van der Waals surface area contributed by atoms with Gasteiger partial charge in [-0.25, -0.2) is 4.98 Å². The molecule has 0 radical (unpaired) electrons. The number of imidazole rings is 1. The maximum absolute atomic E-state index is 13.2. The number of morpholine rings is 1. The summed E-state index contributed by atoms with van der Waals surface area (Å²) in [6.07, 6.45) is 1.56. The highest BCUT2D eigenvalue weighted by atomic mass is 32.1. The van der Waals surface area contributed by atoms with E-state index in [1.54, 1.807) is 42.0 Å². The number of benzene rings is 1. The van der Waals surface area contributed by atoms with Crippen LogP contribution in [-0.4, -0.2) is 58.4 Å². The molecule has 8 heteroatoms. The molecule has 152 valence electrons. The van der Waals surface area contributed by atoms with E-state index in [1.807, 2.05) is 25.7 Å². The van der Waals surface area contributed by atoms with E-state index in [0.29, 0.717) is 39.9 Å². The fraction of sp³-hybridized carbons (Fsp3) is 0.381. The normalized spacial score (nSPS) is 19.5. The summed E-state index contributed by atoms with van der Waals surface area (Å²) in [7, 11) is 1.56. The minimum atomic E-state index is -0.162. The monoisotopic (exact) mass is 413 g/mol. The number of aryl methyl sites for hydroxylation is 1. The molecule has 2 aromatic heterocycles. The molecule has 29 heavy (non-hydrogen) atoms. The van der Waals surface area contributed by atoms with Crippen molar-refractivity contribution in [3.05, 3.63) is 52.3 Å². The van der Waals surface area contributed by atoms with Crippen molar-refractivity contribution in [3.63, 3.8) is 0 Å². The van der Waals surface area contributed by atoms with Crippen molar-refractivity contribution in [2.24, 2.45) is 0 Å². The number of thiazole rings is 1. The van der Waals surface area contributed by atoms with Gasteiger partial charge in [-0.1, -0.05) is 23.5 Å². The maximum atomic E-state index is 13.2. The molecule has 0 N–H and O–H groups in total. The van der Waals surface area contributed by atoms with Gasteiger partial charge < -0.3 is 14.4 Å². The standard InChI is InChI=1S/C21H23N3O4S/c1-12-10-23(11-13(2)28-12)20(26)19-14(3)24-17(9-22-21(24)29-19)18(25)15-6-5-7-16(8-15)27-4/h5-9,12-13H,10-11H2,1-4H3/t12-,13+. The highest BCUT2D eigenvalue weighted by Gasteiger charge is 2.30. The lowest BCUT2D eigenvalue weighted by Crippen LogP contribution is -2.48. The number of ether oxygens (including phenoxy) is 2. The van der Waals surface area contributed by atoms with Crippen LogP contribution in [0.3, 0.4) is 0 Å². The predicted octanol–water partition coefficient (Wildman–Crippen LogP) is 3.19. The van der Waals surface area contributed by atoms with Gasteiger partial charge in [0.2, 0.25) is 5.78 Å². The van der Waals surface area contributed by atoms with Crippen molar-refractivity contribution in [2.45, 2.75) is 33.0 Å². The number of hydrogen-bond donors (Lipinski definition) is 0. The van der Waals surface area contributed by atoms with Gasteiger partial charge in [0, 0.05) is 24.3 Å². The molecule has 1 aromatic carbocycles. The second kappa shape index (κ2) is 7.61. The summed E-state index contributed by atoms with van der Waals surface area (Å²) >= 11 is 1.31. The number of ketones is 1. The average molecular weight is 413 g/mol. The summed E-state index contributed by atoms with van der Waals surface area (Å²) in [5, 5.41) is 0.